The van der Waals surface area contributed by atoms with Gasteiger partial charge in [0.05, 0.1) is 0 Å². The zero-order valence-electron chi connectivity index (χ0n) is 9.44. The molecule has 0 aliphatic rings. The smallest absolute Gasteiger partial charge is 0.426 e. The van der Waals surface area contributed by atoms with Crippen molar-refractivity contribution in [1.29, 1.82) is 0 Å². The largest absolute Gasteiger partial charge is 0.480 e. The van der Waals surface area contributed by atoms with E-state index in [1.54, 1.807) is 13.8 Å². The number of aryl methyl sites for hydroxylation is 2. The summed E-state index contributed by atoms with van der Waals surface area (Å²) in [6.07, 6.45) is -6.47. The van der Waals surface area contributed by atoms with E-state index in [1.165, 1.54) is 12.1 Å². The highest BCUT2D eigenvalue weighted by molar-refractivity contribution is 6.32. The summed E-state index contributed by atoms with van der Waals surface area (Å²) in [5.41, 5.74) is 6.37. The van der Waals surface area contributed by atoms with Gasteiger partial charge in [-0.1, -0.05) is 11.6 Å². The highest BCUT2D eigenvalue weighted by Gasteiger charge is 2.40. The van der Waals surface area contributed by atoms with Gasteiger partial charge in [0.1, 0.15) is 5.75 Å². The van der Waals surface area contributed by atoms with Crippen molar-refractivity contribution in [2.24, 2.45) is 5.73 Å². The number of rotatable bonds is 3. The molecule has 0 aromatic heterocycles. The predicted octanol–water partition coefficient (Wildman–Crippen LogP) is 3.23. The fourth-order valence-corrected chi connectivity index (χ4v) is 1.50. The quantitative estimate of drug-likeness (QED) is 0.913. The molecule has 6 heteroatoms. The minimum absolute atomic E-state index is 0.122. The van der Waals surface area contributed by atoms with Gasteiger partial charge in [-0.3, -0.25) is 0 Å². The van der Waals surface area contributed by atoms with Gasteiger partial charge in [0, 0.05) is 11.6 Å². The number of alkyl halides is 3. The number of nitrogens with two attached hydrogens (primary N) is 1. The molecule has 2 N–H and O–H groups in total. The van der Waals surface area contributed by atoms with Crippen LogP contribution in [0.1, 0.15) is 11.1 Å². The van der Waals surface area contributed by atoms with Gasteiger partial charge in [-0.05, 0) is 37.1 Å². The van der Waals surface area contributed by atoms with Crippen LogP contribution < -0.4 is 10.5 Å². The molecule has 1 aromatic carbocycles. The summed E-state index contributed by atoms with van der Waals surface area (Å²) in [4.78, 5) is 0. The maximum atomic E-state index is 12.5. The van der Waals surface area contributed by atoms with E-state index < -0.39 is 18.8 Å². The Morgan fingerprint density at radius 2 is 1.76 bits per heavy atom. The summed E-state index contributed by atoms with van der Waals surface area (Å²) in [6, 6.07) is 2.92. The third kappa shape index (κ3) is 3.51. The van der Waals surface area contributed by atoms with Crippen molar-refractivity contribution in [3.63, 3.8) is 0 Å². The standard InChI is InChI=1S/C11H13ClF3NO/c1-6-3-8(4-7(2)10(6)12)17-9(5-16)11(13,14)15/h3-4,9H,5,16H2,1-2H3. The SMILES string of the molecule is Cc1cc(OC(CN)C(F)(F)F)cc(C)c1Cl. The second kappa shape index (κ2) is 5.14. The average molecular weight is 268 g/mol. The number of hydrogen-bond donors (Lipinski definition) is 1. The van der Waals surface area contributed by atoms with E-state index in [1.807, 2.05) is 0 Å². The van der Waals surface area contributed by atoms with Gasteiger partial charge in [0.2, 0.25) is 6.10 Å². The molecular formula is C11H13ClF3NO. The van der Waals surface area contributed by atoms with Crippen LogP contribution >= 0.6 is 11.6 Å². The van der Waals surface area contributed by atoms with E-state index in [0.717, 1.165) is 0 Å². The molecule has 0 radical (unpaired) electrons. The van der Waals surface area contributed by atoms with Crippen LogP contribution in [0.15, 0.2) is 12.1 Å². The van der Waals surface area contributed by atoms with Crippen molar-refractivity contribution in [2.45, 2.75) is 26.1 Å². The zero-order valence-corrected chi connectivity index (χ0v) is 10.2. The van der Waals surface area contributed by atoms with Crippen LogP contribution in [0.5, 0.6) is 5.75 Å². The van der Waals surface area contributed by atoms with E-state index >= 15 is 0 Å². The Morgan fingerprint density at radius 3 is 2.12 bits per heavy atom. The van der Waals surface area contributed by atoms with E-state index in [2.05, 4.69) is 0 Å². The Bertz CT molecular complexity index is 383. The lowest BCUT2D eigenvalue weighted by atomic mass is 10.1. The molecule has 0 amide bonds. The van der Waals surface area contributed by atoms with Crippen LogP contribution in [0.4, 0.5) is 13.2 Å². The monoisotopic (exact) mass is 267 g/mol. The third-order valence-corrected chi connectivity index (χ3v) is 2.86. The normalized spacial score (nSPS) is 13.6. The van der Waals surface area contributed by atoms with Crippen LogP contribution in [0.2, 0.25) is 5.02 Å². The summed E-state index contributed by atoms with van der Waals surface area (Å²) < 4.78 is 42.2. The molecule has 1 rings (SSSR count). The Morgan fingerprint density at radius 1 is 1.29 bits per heavy atom. The minimum atomic E-state index is -4.48. The van der Waals surface area contributed by atoms with Crippen LogP contribution in [-0.4, -0.2) is 18.8 Å². The predicted molar refractivity (Wildman–Crippen MR) is 60.5 cm³/mol. The Labute approximate surface area is 103 Å². The number of benzene rings is 1. The van der Waals surface area contributed by atoms with Crippen molar-refractivity contribution >= 4 is 11.6 Å². The molecule has 0 bridgehead atoms. The zero-order chi connectivity index (χ0) is 13.2. The first kappa shape index (κ1) is 14.1. The van der Waals surface area contributed by atoms with Crippen molar-refractivity contribution in [1.82, 2.24) is 0 Å². The third-order valence-electron chi connectivity index (χ3n) is 2.27. The van der Waals surface area contributed by atoms with Gasteiger partial charge in [-0.2, -0.15) is 13.2 Å². The van der Waals surface area contributed by atoms with Crippen molar-refractivity contribution in [3.8, 4) is 5.75 Å². The first-order valence-electron chi connectivity index (χ1n) is 4.96. The topological polar surface area (TPSA) is 35.2 Å². The Kier molecular flexibility index (Phi) is 4.27. The second-order valence-electron chi connectivity index (χ2n) is 3.75. The van der Waals surface area contributed by atoms with Gasteiger partial charge in [0.25, 0.3) is 0 Å². The number of halogens is 4. The fourth-order valence-electron chi connectivity index (χ4n) is 1.39. The van der Waals surface area contributed by atoms with Gasteiger partial charge >= 0.3 is 6.18 Å². The molecule has 0 spiro atoms. The Balaban J connectivity index is 2.95. The molecule has 0 saturated heterocycles. The summed E-state index contributed by atoms with van der Waals surface area (Å²) in [6.45, 7) is 2.78. The lowest BCUT2D eigenvalue weighted by molar-refractivity contribution is -0.191. The van der Waals surface area contributed by atoms with Gasteiger partial charge in [0.15, 0.2) is 0 Å². The first-order chi connectivity index (χ1) is 7.75. The molecule has 96 valence electrons. The van der Waals surface area contributed by atoms with Gasteiger partial charge in [-0.15, -0.1) is 0 Å². The van der Waals surface area contributed by atoms with Crippen LogP contribution in [0.3, 0.4) is 0 Å². The van der Waals surface area contributed by atoms with Crippen LogP contribution in [0.25, 0.3) is 0 Å². The van der Waals surface area contributed by atoms with Crippen molar-refractivity contribution in [2.75, 3.05) is 6.54 Å². The highest BCUT2D eigenvalue weighted by Crippen LogP contribution is 2.29. The van der Waals surface area contributed by atoms with Gasteiger partial charge in [-0.25, -0.2) is 0 Å². The number of ether oxygens (including phenoxy) is 1. The first-order valence-corrected chi connectivity index (χ1v) is 5.33. The van der Waals surface area contributed by atoms with Gasteiger partial charge < -0.3 is 10.5 Å². The average Bonchev–Trinajstić information content (AvgIpc) is 2.20. The van der Waals surface area contributed by atoms with E-state index in [4.69, 9.17) is 22.1 Å². The maximum Gasteiger partial charge on any atom is 0.426 e. The molecule has 0 aliphatic heterocycles. The lowest BCUT2D eigenvalue weighted by Gasteiger charge is -2.21. The fraction of sp³-hybridized carbons (Fsp3) is 0.455. The second-order valence-corrected chi connectivity index (χ2v) is 4.13. The molecule has 0 fully saturated rings. The summed E-state index contributed by atoms with van der Waals surface area (Å²) in [5.74, 6) is 0.122. The van der Waals surface area contributed by atoms with E-state index in [0.29, 0.717) is 16.1 Å². The number of hydrogen-bond acceptors (Lipinski definition) is 2. The maximum absolute atomic E-state index is 12.5. The highest BCUT2D eigenvalue weighted by atomic mass is 35.5. The summed E-state index contributed by atoms with van der Waals surface area (Å²) in [7, 11) is 0. The molecule has 1 aromatic rings. The molecule has 1 unspecified atom stereocenters. The van der Waals surface area contributed by atoms with E-state index in [9.17, 15) is 13.2 Å². The minimum Gasteiger partial charge on any atom is -0.480 e. The lowest BCUT2D eigenvalue weighted by Crippen LogP contribution is -2.40. The van der Waals surface area contributed by atoms with E-state index in [-0.39, 0.29) is 5.75 Å². The molecule has 17 heavy (non-hydrogen) atoms. The summed E-state index contributed by atoms with van der Waals surface area (Å²) >= 11 is 5.91. The molecule has 1 atom stereocenters. The summed E-state index contributed by atoms with van der Waals surface area (Å²) in [5, 5.41) is 0.522. The molecular weight excluding hydrogens is 255 g/mol. The molecule has 0 heterocycles. The van der Waals surface area contributed by atoms with Crippen molar-refractivity contribution in [3.05, 3.63) is 28.3 Å². The molecule has 0 aliphatic carbocycles. The van der Waals surface area contributed by atoms with Crippen LogP contribution in [-0.2, 0) is 0 Å². The molecule has 0 saturated carbocycles. The van der Waals surface area contributed by atoms with Crippen molar-refractivity contribution < 1.29 is 17.9 Å². The molecule has 2 nitrogen and oxygen atoms in total. The van der Waals surface area contributed by atoms with Crippen LogP contribution in [0, 0.1) is 13.8 Å². The Hall–Kier alpha value is -0.940.